The van der Waals surface area contributed by atoms with Gasteiger partial charge in [-0.15, -0.1) is 0 Å². The number of aryl methyl sites for hydroxylation is 1. The van der Waals surface area contributed by atoms with E-state index in [9.17, 15) is 14.7 Å². The van der Waals surface area contributed by atoms with E-state index in [-0.39, 0.29) is 31.8 Å². The van der Waals surface area contributed by atoms with Crippen molar-refractivity contribution in [2.75, 3.05) is 13.2 Å². The lowest BCUT2D eigenvalue weighted by Crippen LogP contribution is -2.55. The van der Waals surface area contributed by atoms with Crippen LogP contribution in [0, 0.1) is 0 Å². The number of ether oxygens (including phenoxy) is 1. The molecule has 1 amide bonds. The number of amides is 1. The number of carbonyl (C=O) groups is 2. The van der Waals surface area contributed by atoms with Crippen molar-refractivity contribution in [3.63, 3.8) is 0 Å². The number of carbonyl (C=O) groups excluding carboxylic acids is 1. The maximum Gasteiger partial charge on any atom is 0.331 e. The van der Waals surface area contributed by atoms with Crippen molar-refractivity contribution in [2.45, 2.75) is 24.8 Å². The molecule has 1 aliphatic heterocycles. The fourth-order valence-electron chi connectivity index (χ4n) is 2.39. The molecule has 0 radical (unpaired) electrons. The molecule has 1 saturated heterocycles. The van der Waals surface area contributed by atoms with Gasteiger partial charge in [-0.25, -0.2) is 4.79 Å². The second kappa shape index (κ2) is 6.75. The summed E-state index contributed by atoms with van der Waals surface area (Å²) >= 11 is 0. The van der Waals surface area contributed by atoms with Crippen LogP contribution in [0.3, 0.4) is 0 Å². The molecule has 0 saturated carbocycles. The standard InChI is InChI=1S/C15H16N4O5/c20-11(18-15(14(21)22)6-8-23-9-15)4-5-12-17-13(19-24-12)10-3-1-2-7-16-10/h1-3,7H,4-6,8-9H2,(H,18,20)(H,21,22). The molecule has 0 bridgehead atoms. The molecule has 1 fully saturated rings. The molecule has 3 heterocycles. The van der Waals surface area contributed by atoms with E-state index < -0.39 is 17.4 Å². The summed E-state index contributed by atoms with van der Waals surface area (Å²) in [7, 11) is 0. The molecule has 9 nitrogen and oxygen atoms in total. The van der Waals surface area contributed by atoms with Crippen molar-refractivity contribution in [3.8, 4) is 11.5 Å². The monoisotopic (exact) mass is 332 g/mol. The van der Waals surface area contributed by atoms with Crippen molar-refractivity contribution >= 4 is 11.9 Å². The zero-order valence-electron chi connectivity index (χ0n) is 12.8. The molecule has 0 aliphatic carbocycles. The van der Waals surface area contributed by atoms with Crippen LogP contribution in [0.15, 0.2) is 28.9 Å². The Balaban J connectivity index is 1.57. The van der Waals surface area contributed by atoms with Crippen molar-refractivity contribution in [1.82, 2.24) is 20.4 Å². The molecule has 9 heteroatoms. The van der Waals surface area contributed by atoms with Gasteiger partial charge in [0.1, 0.15) is 5.69 Å². The third-order valence-corrected chi connectivity index (χ3v) is 3.74. The number of aromatic nitrogens is 3. The van der Waals surface area contributed by atoms with Gasteiger partial charge in [0.2, 0.25) is 17.6 Å². The third-order valence-electron chi connectivity index (χ3n) is 3.74. The summed E-state index contributed by atoms with van der Waals surface area (Å²) in [6.07, 6.45) is 2.12. The molecule has 0 spiro atoms. The van der Waals surface area contributed by atoms with E-state index >= 15 is 0 Å². The van der Waals surface area contributed by atoms with Crippen LogP contribution in [0.25, 0.3) is 11.5 Å². The number of carboxylic acid groups (broad SMARTS) is 1. The van der Waals surface area contributed by atoms with Crippen molar-refractivity contribution < 1.29 is 24.0 Å². The largest absolute Gasteiger partial charge is 0.479 e. The van der Waals surface area contributed by atoms with Crippen LogP contribution in [0.2, 0.25) is 0 Å². The van der Waals surface area contributed by atoms with Crippen molar-refractivity contribution in [2.24, 2.45) is 0 Å². The molecule has 3 rings (SSSR count). The van der Waals surface area contributed by atoms with E-state index in [1.54, 1.807) is 24.4 Å². The van der Waals surface area contributed by atoms with E-state index in [2.05, 4.69) is 20.4 Å². The first-order valence-electron chi connectivity index (χ1n) is 7.45. The second-order valence-corrected chi connectivity index (χ2v) is 5.46. The van der Waals surface area contributed by atoms with Crippen LogP contribution in [0.4, 0.5) is 0 Å². The fraction of sp³-hybridized carbons (Fsp3) is 0.400. The summed E-state index contributed by atoms with van der Waals surface area (Å²) in [5.74, 6) is -0.862. The van der Waals surface area contributed by atoms with Crippen LogP contribution in [0.1, 0.15) is 18.7 Å². The van der Waals surface area contributed by atoms with Crippen LogP contribution >= 0.6 is 0 Å². The minimum absolute atomic E-state index is 0.0293. The van der Waals surface area contributed by atoms with Gasteiger partial charge in [-0.2, -0.15) is 4.98 Å². The van der Waals surface area contributed by atoms with Gasteiger partial charge in [-0.3, -0.25) is 9.78 Å². The van der Waals surface area contributed by atoms with Gasteiger partial charge in [0.15, 0.2) is 5.54 Å². The fourth-order valence-corrected chi connectivity index (χ4v) is 2.39. The van der Waals surface area contributed by atoms with Crippen LogP contribution < -0.4 is 5.32 Å². The van der Waals surface area contributed by atoms with Gasteiger partial charge in [0, 0.05) is 32.1 Å². The number of hydrogen-bond donors (Lipinski definition) is 2. The van der Waals surface area contributed by atoms with Gasteiger partial charge < -0.3 is 19.7 Å². The SMILES string of the molecule is O=C(CCc1nc(-c2ccccn2)no1)NC1(C(=O)O)CCOC1. The second-order valence-electron chi connectivity index (χ2n) is 5.46. The molecular weight excluding hydrogens is 316 g/mol. The predicted molar refractivity (Wildman–Crippen MR) is 79.8 cm³/mol. The minimum Gasteiger partial charge on any atom is -0.479 e. The van der Waals surface area contributed by atoms with E-state index in [0.717, 1.165) is 0 Å². The average Bonchev–Trinajstić information content (AvgIpc) is 3.24. The highest BCUT2D eigenvalue weighted by molar-refractivity contribution is 5.87. The highest BCUT2D eigenvalue weighted by Gasteiger charge is 2.43. The lowest BCUT2D eigenvalue weighted by atomic mass is 9.98. The Labute approximate surface area is 137 Å². The smallest absolute Gasteiger partial charge is 0.331 e. The number of rotatable bonds is 6. The molecule has 1 aliphatic rings. The Morgan fingerprint density at radius 2 is 2.25 bits per heavy atom. The van der Waals surface area contributed by atoms with Gasteiger partial charge in [-0.1, -0.05) is 11.2 Å². The summed E-state index contributed by atoms with van der Waals surface area (Å²) in [5.41, 5.74) is -0.768. The van der Waals surface area contributed by atoms with E-state index in [0.29, 0.717) is 18.1 Å². The highest BCUT2D eigenvalue weighted by atomic mass is 16.5. The molecule has 2 N–H and O–H groups in total. The molecular formula is C15H16N4O5. The Hall–Kier alpha value is -2.81. The first-order valence-corrected chi connectivity index (χ1v) is 7.45. The van der Waals surface area contributed by atoms with Gasteiger partial charge >= 0.3 is 5.97 Å². The number of carboxylic acids is 1. The normalized spacial score (nSPS) is 20.0. The third kappa shape index (κ3) is 3.40. The van der Waals surface area contributed by atoms with Crippen LogP contribution in [0.5, 0.6) is 0 Å². The molecule has 1 unspecified atom stereocenters. The number of nitrogens with zero attached hydrogens (tertiary/aromatic N) is 3. The number of aliphatic carboxylic acids is 1. The van der Waals surface area contributed by atoms with E-state index in [1.807, 2.05) is 0 Å². The topological polar surface area (TPSA) is 127 Å². The first-order chi connectivity index (χ1) is 11.6. The van der Waals surface area contributed by atoms with E-state index in [4.69, 9.17) is 9.26 Å². The summed E-state index contributed by atoms with van der Waals surface area (Å²) in [6.45, 7) is 0.280. The van der Waals surface area contributed by atoms with Gasteiger partial charge in [0.05, 0.1) is 6.61 Å². The predicted octanol–water partition coefficient (Wildman–Crippen LogP) is 0.424. The summed E-state index contributed by atoms with van der Waals surface area (Å²) in [6, 6.07) is 5.33. The Kier molecular flexibility index (Phi) is 4.52. The van der Waals surface area contributed by atoms with Gasteiger partial charge in [0.25, 0.3) is 0 Å². The van der Waals surface area contributed by atoms with Crippen molar-refractivity contribution in [1.29, 1.82) is 0 Å². The zero-order chi connectivity index (χ0) is 17.0. The summed E-state index contributed by atoms with van der Waals surface area (Å²) in [4.78, 5) is 31.7. The van der Waals surface area contributed by atoms with Gasteiger partial charge in [-0.05, 0) is 12.1 Å². The lowest BCUT2D eigenvalue weighted by molar-refractivity contribution is -0.147. The Morgan fingerprint density at radius 1 is 1.38 bits per heavy atom. The Bertz CT molecular complexity index is 724. The molecule has 2 aromatic heterocycles. The summed E-state index contributed by atoms with van der Waals surface area (Å²) < 4.78 is 10.2. The summed E-state index contributed by atoms with van der Waals surface area (Å²) in [5, 5.41) is 15.6. The molecule has 24 heavy (non-hydrogen) atoms. The van der Waals surface area contributed by atoms with Crippen LogP contribution in [-0.4, -0.2) is 50.9 Å². The molecule has 2 aromatic rings. The Morgan fingerprint density at radius 3 is 2.92 bits per heavy atom. The number of hydrogen-bond acceptors (Lipinski definition) is 7. The minimum atomic E-state index is -1.34. The van der Waals surface area contributed by atoms with E-state index in [1.165, 1.54) is 0 Å². The number of nitrogens with one attached hydrogen (secondary N) is 1. The van der Waals surface area contributed by atoms with Crippen LogP contribution in [-0.2, 0) is 20.7 Å². The first kappa shape index (κ1) is 16.1. The maximum atomic E-state index is 12.0. The number of pyridine rings is 1. The zero-order valence-corrected chi connectivity index (χ0v) is 12.8. The quantitative estimate of drug-likeness (QED) is 0.779. The molecule has 0 aromatic carbocycles. The maximum absolute atomic E-state index is 12.0. The lowest BCUT2D eigenvalue weighted by Gasteiger charge is -2.23. The van der Waals surface area contributed by atoms with Crippen molar-refractivity contribution in [3.05, 3.63) is 30.3 Å². The highest BCUT2D eigenvalue weighted by Crippen LogP contribution is 2.19. The molecule has 126 valence electrons. The average molecular weight is 332 g/mol. The molecule has 1 atom stereocenters.